The highest BCUT2D eigenvalue weighted by molar-refractivity contribution is 7.98. The maximum Gasteiger partial charge on any atom is 0.328 e. The number of rotatable bonds is 11. The van der Waals surface area contributed by atoms with Crippen LogP contribution in [0.3, 0.4) is 0 Å². The van der Waals surface area contributed by atoms with Gasteiger partial charge in [0.1, 0.15) is 17.6 Å². The van der Waals surface area contributed by atoms with E-state index in [2.05, 4.69) is 5.32 Å². The average Bonchev–Trinajstić information content (AvgIpc) is 2.93. The van der Waals surface area contributed by atoms with E-state index in [1.807, 2.05) is 6.26 Å². The minimum Gasteiger partial charge on any atom is -0.467 e. The van der Waals surface area contributed by atoms with Crippen LogP contribution in [0.15, 0.2) is 42.5 Å². The number of carbonyl (C=O) groups is 3. The molecule has 2 aromatic carbocycles. The lowest BCUT2D eigenvalue weighted by Gasteiger charge is -2.37. The molecule has 0 saturated heterocycles. The third-order valence-corrected chi connectivity index (χ3v) is 7.82. The first-order valence-electron chi connectivity index (χ1n) is 12.6. The number of halogens is 2. The summed E-state index contributed by atoms with van der Waals surface area (Å²) in [4.78, 5) is 53.7. The van der Waals surface area contributed by atoms with E-state index in [-0.39, 0.29) is 23.0 Å². The van der Waals surface area contributed by atoms with E-state index in [1.54, 1.807) is 24.3 Å². The van der Waals surface area contributed by atoms with Gasteiger partial charge >= 0.3 is 5.97 Å². The van der Waals surface area contributed by atoms with Gasteiger partial charge in [-0.05, 0) is 61.1 Å². The van der Waals surface area contributed by atoms with Crippen LogP contribution in [0.4, 0.5) is 5.69 Å². The standard InChI is InChI=1S/C27H31Cl2N3O6S/c1-38-27(35)22(14-15-39-2)31(26(34)21-13-12-19(29)16-23(21)32(36)37)24(17-8-10-18(28)11-9-17)25(33)30-20-6-4-3-5-7-20/h8-13,16,20,22,24H,3-7,14-15H2,1-2H3,(H,30,33)/t22-,24?/m0/s1. The Hall–Kier alpha value is -2.82. The van der Waals surface area contributed by atoms with Gasteiger partial charge in [0, 0.05) is 22.2 Å². The lowest BCUT2D eigenvalue weighted by Crippen LogP contribution is -2.53. The second kappa shape index (κ2) is 14.5. The highest BCUT2D eigenvalue weighted by atomic mass is 35.5. The number of ether oxygens (including phenoxy) is 1. The maximum atomic E-state index is 14.2. The van der Waals surface area contributed by atoms with Crippen molar-refractivity contribution in [1.82, 2.24) is 10.2 Å². The van der Waals surface area contributed by atoms with Crippen LogP contribution in [0, 0.1) is 10.1 Å². The van der Waals surface area contributed by atoms with Gasteiger partial charge < -0.3 is 15.0 Å². The average molecular weight is 597 g/mol. The van der Waals surface area contributed by atoms with Crippen LogP contribution < -0.4 is 5.32 Å². The molecular weight excluding hydrogens is 565 g/mol. The molecule has 210 valence electrons. The number of carbonyl (C=O) groups excluding carboxylic acids is 3. The first-order valence-corrected chi connectivity index (χ1v) is 14.7. The summed E-state index contributed by atoms with van der Waals surface area (Å²) in [5, 5.41) is 15.4. The molecule has 3 rings (SSSR count). The quantitative estimate of drug-likeness (QED) is 0.197. The van der Waals surface area contributed by atoms with Gasteiger partial charge in [0.15, 0.2) is 0 Å². The number of nitro groups is 1. The number of esters is 1. The van der Waals surface area contributed by atoms with Crippen LogP contribution in [0.2, 0.25) is 10.0 Å². The summed E-state index contributed by atoms with van der Waals surface area (Å²) in [5.74, 6) is -1.64. The summed E-state index contributed by atoms with van der Waals surface area (Å²) < 4.78 is 5.06. The molecular formula is C27H31Cl2N3O6S. The minimum atomic E-state index is -1.29. The molecule has 0 aromatic heterocycles. The van der Waals surface area contributed by atoms with E-state index < -0.39 is 40.5 Å². The number of methoxy groups -OCH3 is 1. The lowest BCUT2D eigenvalue weighted by atomic mass is 9.94. The maximum absolute atomic E-state index is 14.2. The zero-order chi connectivity index (χ0) is 28.5. The van der Waals surface area contributed by atoms with Crippen molar-refractivity contribution in [3.8, 4) is 0 Å². The SMILES string of the molecule is COC(=O)[C@H](CCSC)N(C(=O)c1ccc(Cl)cc1[N+](=O)[O-])C(C(=O)NC1CCCCC1)c1ccc(Cl)cc1. The Bertz CT molecular complexity index is 1190. The number of benzene rings is 2. The van der Waals surface area contributed by atoms with Crippen molar-refractivity contribution in [2.45, 2.75) is 56.7 Å². The van der Waals surface area contributed by atoms with Crippen LogP contribution in [0.5, 0.6) is 0 Å². The molecule has 0 aliphatic heterocycles. The number of hydrogen-bond donors (Lipinski definition) is 1. The molecule has 2 atom stereocenters. The van der Waals surface area contributed by atoms with Gasteiger partial charge in [0.05, 0.1) is 12.0 Å². The third kappa shape index (κ3) is 7.86. The molecule has 1 N–H and O–H groups in total. The van der Waals surface area contributed by atoms with Gasteiger partial charge in [-0.3, -0.25) is 19.7 Å². The van der Waals surface area contributed by atoms with Crippen LogP contribution in [0.25, 0.3) is 0 Å². The van der Waals surface area contributed by atoms with Crippen molar-refractivity contribution < 1.29 is 24.0 Å². The summed E-state index contributed by atoms with van der Waals surface area (Å²) in [5.41, 5.74) is -0.434. The normalized spacial score (nSPS) is 15.2. The van der Waals surface area contributed by atoms with Crippen molar-refractivity contribution in [1.29, 1.82) is 0 Å². The Kier molecular flexibility index (Phi) is 11.4. The lowest BCUT2D eigenvalue weighted by molar-refractivity contribution is -0.385. The van der Waals surface area contributed by atoms with Gasteiger partial charge in [0.2, 0.25) is 5.91 Å². The molecule has 12 heteroatoms. The molecule has 1 aliphatic rings. The van der Waals surface area contributed by atoms with Gasteiger partial charge in [-0.1, -0.05) is 54.6 Å². The first-order chi connectivity index (χ1) is 18.7. The van der Waals surface area contributed by atoms with Gasteiger partial charge in [-0.15, -0.1) is 0 Å². The summed E-state index contributed by atoms with van der Waals surface area (Å²) in [7, 11) is 1.20. The highest BCUT2D eigenvalue weighted by Crippen LogP contribution is 2.33. The monoisotopic (exact) mass is 595 g/mol. The van der Waals surface area contributed by atoms with E-state index in [0.717, 1.165) is 43.1 Å². The molecule has 2 amide bonds. The molecule has 0 spiro atoms. The second-order valence-corrected chi connectivity index (χ2v) is 11.1. The van der Waals surface area contributed by atoms with E-state index in [9.17, 15) is 24.5 Å². The van der Waals surface area contributed by atoms with Crippen LogP contribution in [-0.2, 0) is 14.3 Å². The van der Waals surface area contributed by atoms with Gasteiger partial charge in [-0.25, -0.2) is 4.79 Å². The van der Waals surface area contributed by atoms with Gasteiger partial charge in [0.25, 0.3) is 11.6 Å². The molecule has 2 aromatic rings. The highest BCUT2D eigenvalue weighted by Gasteiger charge is 2.42. The molecule has 0 bridgehead atoms. The number of nitro benzene ring substituents is 1. The van der Waals surface area contributed by atoms with Crippen LogP contribution in [-0.4, -0.2) is 58.8 Å². The topological polar surface area (TPSA) is 119 Å². The molecule has 1 fully saturated rings. The largest absolute Gasteiger partial charge is 0.467 e. The van der Waals surface area contributed by atoms with E-state index in [4.69, 9.17) is 27.9 Å². The Balaban J connectivity index is 2.21. The second-order valence-electron chi connectivity index (χ2n) is 9.25. The molecule has 1 unspecified atom stereocenters. The van der Waals surface area contributed by atoms with E-state index in [0.29, 0.717) is 16.3 Å². The third-order valence-electron chi connectivity index (χ3n) is 6.69. The summed E-state index contributed by atoms with van der Waals surface area (Å²) >= 11 is 13.6. The van der Waals surface area contributed by atoms with Gasteiger partial charge in [-0.2, -0.15) is 11.8 Å². The Labute approximate surface area is 241 Å². The predicted molar refractivity (Wildman–Crippen MR) is 152 cm³/mol. The number of nitrogens with zero attached hydrogens (tertiary/aromatic N) is 2. The Morgan fingerprint density at radius 3 is 2.33 bits per heavy atom. The van der Waals surface area contributed by atoms with E-state index >= 15 is 0 Å². The minimum absolute atomic E-state index is 0.0704. The summed E-state index contributed by atoms with van der Waals surface area (Å²) in [6.07, 6.45) is 6.60. The molecule has 9 nitrogen and oxygen atoms in total. The van der Waals surface area contributed by atoms with E-state index in [1.165, 1.54) is 31.0 Å². The predicted octanol–water partition coefficient (Wildman–Crippen LogP) is 5.83. The van der Waals surface area contributed by atoms with Crippen molar-refractivity contribution in [2.24, 2.45) is 0 Å². The molecule has 0 radical (unpaired) electrons. The molecule has 1 saturated carbocycles. The molecule has 0 heterocycles. The molecule has 39 heavy (non-hydrogen) atoms. The Morgan fingerprint density at radius 1 is 1.10 bits per heavy atom. The number of amides is 2. The van der Waals surface area contributed by atoms with Crippen molar-refractivity contribution >= 4 is 58.4 Å². The van der Waals surface area contributed by atoms with Crippen molar-refractivity contribution in [2.75, 3.05) is 19.1 Å². The fourth-order valence-corrected chi connectivity index (χ4v) is 5.51. The smallest absolute Gasteiger partial charge is 0.328 e. The summed E-state index contributed by atoms with van der Waals surface area (Å²) in [6.45, 7) is 0. The van der Waals surface area contributed by atoms with Crippen molar-refractivity contribution in [3.63, 3.8) is 0 Å². The number of nitrogens with one attached hydrogen (secondary N) is 1. The first kappa shape index (κ1) is 30.7. The number of thioether (sulfide) groups is 1. The summed E-state index contributed by atoms with van der Waals surface area (Å²) in [6, 6.07) is 7.44. The van der Waals surface area contributed by atoms with Crippen molar-refractivity contribution in [3.05, 3.63) is 73.8 Å². The fraction of sp³-hybridized carbons (Fsp3) is 0.444. The van der Waals surface area contributed by atoms with Crippen LogP contribution >= 0.6 is 35.0 Å². The fourth-order valence-electron chi connectivity index (χ4n) is 4.76. The van der Waals surface area contributed by atoms with Crippen LogP contribution in [0.1, 0.15) is 60.5 Å². The zero-order valence-corrected chi connectivity index (χ0v) is 24.1. The zero-order valence-electron chi connectivity index (χ0n) is 21.7. The molecule has 1 aliphatic carbocycles. The Morgan fingerprint density at radius 2 is 1.74 bits per heavy atom. The number of hydrogen-bond acceptors (Lipinski definition) is 7.